The van der Waals surface area contributed by atoms with E-state index in [0.717, 1.165) is 16.4 Å². The van der Waals surface area contributed by atoms with Crippen molar-refractivity contribution in [2.24, 2.45) is 4.99 Å². The molecule has 2 rings (SSSR count). The lowest BCUT2D eigenvalue weighted by atomic mass is 10.2. The first-order valence-corrected chi connectivity index (χ1v) is 5.78. The van der Waals surface area contributed by atoms with Crippen LogP contribution in [-0.4, -0.2) is 29.1 Å². The molecule has 4 heteroatoms. The van der Waals surface area contributed by atoms with E-state index in [2.05, 4.69) is 11.9 Å². The average Bonchev–Trinajstić information content (AvgIpc) is 2.65. The maximum atomic E-state index is 9.92. The maximum Gasteiger partial charge on any atom is 0.167 e. The van der Waals surface area contributed by atoms with Crippen LogP contribution in [0.15, 0.2) is 23.2 Å². The van der Waals surface area contributed by atoms with Gasteiger partial charge in [0.1, 0.15) is 5.04 Å². The Morgan fingerprint density at radius 3 is 2.93 bits per heavy atom. The van der Waals surface area contributed by atoms with E-state index in [-0.39, 0.29) is 5.75 Å². The molecule has 1 aliphatic heterocycles. The molecule has 1 aliphatic rings. The summed E-state index contributed by atoms with van der Waals surface area (Å²) in [6.07, 6.45) is 0. The molecular formula is C11H13NO2S. The molecule has 0 amide bonds. The van der Waals surface area contributed by atoms with Gasteiger partial charge in [-0.25, -0.2) is 0 Å². The highest BCUT2D eigenvalue weighted by Crippen LogP contribution is 2.34. The van der Waals surface area contributed by atoms with Gasteiger partial charge in [-0.2, -0.15) is 0 Å². The minimum absolute atomic E-state index is 0.181. The smallest absolute Gasteiger partial charge is 0.167 e. The molecule has 1 aromatic carbocycles. The lowest BCUT2D eigenvalue weighted by Gasteiger charge is -2.07. The molecule has 0 bridgehead atoms. The van der Waals surface area contributed by atoms with E-state index in [9.17, 15) is 5.11 Å². The fourth-order valence-corrected chi connectivity index (χ4v) is 2.53. The summed E-state index contributed by atoms with van der Waals surface area (Å²) in [4.78, 5) is 4.46. The molecule has 0 saturated carbocycles. The van der Waals surface area contributed by atoms with Gasteiger partial charge >= 0.3 is 0 Å². The Labute approximate surface area is 93.2 Å². The van der Waals surface area contributed by atoms with Crippen molar-refractivity contribution in [3.8, 4) is 11.5 Å². The van der Waals surface area contributed by atoms with Crippen molar-refractivity contribution in [3.05, 3.63) is 23.8 Å². The molecule has 1 heterocycles. The molecule has 0 aromatic heterocycles. The maximum absolute atomic E-state index is 9.92. The van der Waals surface area contributed by atoms with Crippen LogP contribution in [0.5, 0.6) is 11.5 Å². The Kier molecular flexibility index (Phi) is 2.86. The number of aliphatic imine (C=N–C) groups is 1. The second kappa shape index (κ2) is 4.14. The molecule has 3 nitrogen and oxygen atoms in total. The lowest BCUT2D eigenvalue weighted by Crippen LogP contribution is -1.95. The van der Waals surface area contributed by atoms with Crippen molar-refractivity contribution in [2.75, 3.05) is 12.9 Å². The van der Waals surface area contributed by atoms with Crippen molar-refractivity contribution < 1.29 is 9.84 Å². The Bertz CT molecular complexity index is 404. The van der Waals surface area contributed by atoms with Gasteiger partial charge in [-0.05, 0) is 19.1 Å². The van der Waals surface area contributed by atoms with Crippen LogP contribution < -0.4 is 4.74 Å². The van der Waals surface area contributed by atoms with Crippen molar-refractivity contribution in [3.63, 3.8) is 0 Å². The summed E-state index contributed by atoms with van der Waals surface area (Å²) in [6, 6.07) is 5.79. The largest absolute Gasteiger partial charge is 0.504 e. The van der Waals surface area contributed by atoms with Gasteiger partial charge in [-0.1, -0.05) is 6.07 Å². The van der Waals surface area contributed by atoms with Crippen LogP contribution in [0.25, 0.3) is 0 Å². The molecule has 0 radical (unpaired) electrons. The topological polar surface area (TPSA) is 41.8 Å². The molecule has 0 fully saturated rings. The number of nitrogens with zero attached hydrogens (tertiary/aromatic N) is 1. The first-order valence-electron chi connectivity index (χ1n) is 4.79. The van der Waals surface area contributed by atoms with Crippen molar-refractivity contribution in [1.82, 2.24) is 0 Å². The van der Waals surface area contributed by atoms with E-state index < -0.39 is 0 Å². The summed E-state index contributed by atoms with van der Waals surface area (Å²) in [5.41, 5.74) is 0.767. The van der Waals surface area contributed by atoms with Crippen molar-refractivity contribution in [1.29, 1.82) is 0 Å². The van der Waals surface area contributed by atoms with Gasteiger partial charge in [-0.15, -0.1) is 11.8 Å². The number of para-hydroxylation sites is 1. The highest BCUT2D eigenvalue weighted by Gasteiger charge is 2.19. The summed E-state index contributed by atoms with van der Waals surface area (Å²) in [7, 11) is 1.55. The van der Waals surface area contributed by atoms with Gasteiger partial charge in [0.15, 0.2) is 11.5 Å². The van der Waals surface area contributed by atoms with Crippen LogP contribution in [-0.2, 0) is 0 Å². The third-order valence-electron chi connectivity index (χ3n) is 2.25. The second-order valence-corrected chi connectivity index (χ2v) is 4.46. The number of ether oxygens (including phenoxy) is 1. The number of thioether (sulfide) groups is 1. The summed E-state index contributed by atoms with van der Waals surface area (Å²) in [5, 5.41) is 10.8. The van der Waals surface area contributed by atoms with E-state index in [1.807, 2.05) is 12.1 Å². The monoisotopic (exact) mass is 223 g/mol. The number of phenolic OH excluding ortho intramolecular Hbond substituents is 1. The summed E-state index contributed by atoms with van der Waals surface area (Å²) in [6.45, 7) is 2.07. The third-order valence-corrected chi connectivity index (χ3v) is 3.50. The molecule has 0 aliphatic carbocycles. The number of hydrogen-bond donors (Lipinski definition) is 1. The van der Waals surface area contributed by atoms with Gasteiger partial charge in [0.2, 0.25) is 0 Å². The molecule has 0 saturated heterocycles. The third kappa shape index (κ3) is 1.95. The van der Waals surface area contributed by atoms with Crippen LogP contribution in [0.1, 0.15) is 12.5 Å². The number of rotatable bonds is 2. The number of hydrogen-bond acceptors (Lipinski definition) is 4. The fraction of sp³-hybridized carbons (Fsp3) is 0.364. The molecule has 1 aromatic rings. The molecular weight excluding hydrogens is 210 g/mol. The number of phenols is 1. The van der Waals surface area contributed by atoms with Crippen molar-refractivity contribution in [2.45, 2.75) is 13.0 Å². The van der Waals surface area contributed by atoms with Crippen LogP contribution in [0.2, 0.25) is 0 Å². The fourth-order valence-electron chi connectivity index (χ4n) is 1.48. The van der Waals surface area contributed by atoms with Gasteiger partial charge in [-0.3, -0.25) is 4.99 Å². The number of benzene rings is 1. The predicted octanol–water partition coefficient (Wildman–Crippen LogP) is 2.28. The number of methoxy groups -OCH3 is 1. The average molecular weight is 223 g/mol. The van der Waals surface area contributed by atoms with Gasteiger partial charge in [0.25, 0.3) is 0 Å². The zero-order valence-corrected chi connectivity index (χ0v) is 9.54. The Morgan fingerprint density at radius 2 is 2.33 bits per heavy atom. The van der Waals surface area contributed by atoms with Crippen LogP contribution in [0.4, 0.5) is 0 Å². The van der Waals surface area contributed by atoms with Gasteiger partial charge in [0.05, 0.1) is 18.7 Å². The minimum Gasteiger partial charge on any atom is -0.504 e. The first kappa shape index (κ1) is 10.4. The SMILES string of the molecule is COc1cccc(C2=N[C@@H](C)CS2)c1O. The standard InChI is InChI=1S/C11H13NO2S/c1-7-6-15-11(12-7)8-4-3-5-9(14-2)10(8)13/h3-5,7,13H,6H2,1-2H3/t7-/m0/s1. The first-order chi connectivity index (χ1) is 7.22. The zero-order chi connectivity index (χ0) is 10.8. The Morgan fingerprint density at radius 1 is 1.53 bits per heavy atom. The second-order valence-electron chi connectivity index (χ2n) is 3.45. The Balaban J connectivity index is 2.40. The molecule has 15 heavy (non-hydrogen) atoms. The number of aromatic hydroxyl groups is 1. The van der Waals surface area contributed by atoms with Crippen LogP contribution in [0.3, 0.4) is 0 Å². The molecule has 1 N–H and O–H groups in total. The predicted molar refractivity (Wildman–Crippen MR) is 63.1 cm³/mol. The normalized spacial score (nSPS) is 20.1. The summed E-state index contributed by atoms with van der Waals surface area (Å²) < 4.78 is 5.06. The highest BCUT2D eigenvalue weighted by atomic mass is 32.2. The van der Waals surface area contributed by atoms with Crippen LogP contribution >= 0.6 is 11.8 Å². The quantitative estimate of drug-likeness (QED) is 0.836. The Hall–Kier alpha value is -1.16. The van der Waals surface area contributed by atoms with Crippen LogP contribution in [0, 0.1) is 0 Å². The van der Waals surface area contributed by atoms with E-state index in [1.165, 1.54) is 0 Å². The zero-order valence-electron chi connectivity index (χ0n) is 8.73. The molecule has 1 atom stereocenters. The molecule has 0 spiro atoms. The highest BCUT2D eigenvalue weighted by molar-refractivity contribution is 8.14. The van der Waals surface area contributed by atoms with Gasteiger partial charge < -0.3 is 9.84 Å². The van der Waals surface area contributed by atoms with E-state index in [0.29, 0.717) is 11.8 Å². The van der Waals surface area contributed by atoms with Gasteiger partial charge in [0, 0.05) is 5.75 Å². The summed E-state index contributed by atoms with van der Waals surface area (Å²) in [5.74, 6) is 1.65. The lowest BCUT2D eigenvalue weighted by molar-refractivity contribution is 0.373. The van der Waals surface area contributed by atoms with E-state index in [1.54, 1.807) is 24.9 Å². The van der Waals surface area contributed by atoms with Crippen molar-refractivity contribution >= 4 is 16.8 Å². The van der Waals surface area contributed by atoms with E-state index >= 15 is 0 Å². The van der Waals surface area contributed by atoms with E-state index in [4.69, 9.17) is 4.74 Å². The molecule has 80 valence electrons. The molecule has 0 unspecified atom stereocenters. The summed E-state index contributed by atoms with van der Waals surface area (Å²) >= 11 is 1.67. The minimum atomic E-state index is 0.181.